The first-order valence-corrected chi connectivity index (χ1v) is 10.8. The highest BCUT2D eigenvalue weighted by atomic mass is 32.1. The third kappa shape index (κ3) is 5.18. The van der Waals surface area contributed by atoms with Crippen LogP contribution in [-0.2, 0) is 13.2 Å². The van der Waals surface area contributed by atoms with E-state index in [2.05, 4.69) is 4.98 Å². The van der Waals surface area contributed by atoms with Gasteiger partial charge in [-0.3, -0.25) is 4.79 Å². The number of rotatable bonds is 7. The normalized spacial score (nSPS) is 10.7. The quantitative estimate of drug-likeness (QED) is 0.350. The van der Waals surface area contributed by atoms with Crippen molar-refractivity contribution in [3.05, 3.63) is 107 Å². The van der Waals surface area contributed by atoms with Crippen molar-refractivity contribution in [2.24, 2.45) is 0 Å². The van der Waals surface area contributed by atoms with Gasteiger partial charge >= 0.3 is 0 Å². The highest BCUT2D eigenvalue weighted by Crippen LogP contribution is 2.27. The molecule has 4 rings (SSSR count). The van der Waals surface area contributed by atoms with Gasteiger partial charge in [0.25, 0.3) is 5.91 Å². The van der Waals surface area contributed by atoms with E-state index < -0.39 is 11.6 Å². The lowest BCUT2D eigenvalue weighted by Crippen LogP contribution is -2.26. The van der Waals surface area contributed by atoms with Gasteiger partial charge < -0.3 is 9.64 Å². The highest BCUT2D eigenvalue weighted by molar-refractivity contribution is 7.13. The van der Waals surface area contributed by atoms with Crippen molar-refractivity contribution < 1.29 is 18.3 Å². The molecule has 0 saturated heterocycles. The first kappa shape index (κ1) is 21.6. The summed E-state index contributed by atoms with van der Waals surface area (Å²) in [5, 5.41) is 2.47. The summed E-state index contributed by atoms with van der Waals surface area (Å²) >= 11 is 1.39. The van der Waals surface area contributed by atoms with Gasteiger partial charge in [-0.05, 0) is 42.0 Å². The highest BCUT2D eigenvalue weighted by Gasteiger charge is 2.16. The Morgan fingerprint density at radius 1 is 1.03 bits per heavy atom. The number of carbonyl (C=O) groups excluding carboxylic acids is 1. The molecular formula is C25H20F2N2O2S. The van der Waals surface area contributed by atoms with Crippen LogP contribution in [0.3, 0.4) is 0 Å². The first-order valence-electron chi connectivity index (χ1n) is 9.91. The van der Waals surface area contributed by atoms with E-state index >= 15 is 0 Å². The summed E-state index contributed by atoms with van der Waals surface area (Å²) in [7, 11) is 1.75. The molecule has 0 radical (unpaired) electrons. The van der Waals surface area contributed by atoms with Crippen LogP contribution in [0.4, 0.5) is 8.78 Å². The molecule has 4 aromatic rings. The summed E-state index contributed by atoms with van der Waals surface area (Å²) in [6, 6.07) is 20.3. The monoisotopic (exact) mass is 450 g/mol. The fraction of sp³-hybridized carbons (Fsp3) is 0.120. The maximum atomic E-state index is 13.7. The number of amides is 1. The Labute approximate surface area is 188 Å². The van der Waals surface area contributed by atoms with Crippen LogP contribution in [0, 0.1) is 11.6 Å². The third-order valence-corrected chi connectivity index (χ3v) is 5.73. The molecule has 0 atom stereocenters. The molecule has 1 amide bonds. The molecule has 0 saturated carbocycles. The number of thiazole rings is 1. The van der Waals surface area contributed by atoms with Crippen molar-refractivity contribution in [1.82, 2.24) is 9.88 Å². The number of carbonyl (C=O) groups is 1. The predicted octanol–water partition coefficient (Wildman–Crippen LogP) is 5.94. The molecule has 32 heavy (non-hydrogen) atoms. The Kier molecular flexibility index (Phi) is 6.56. The van der Waals surface area contributed by atoms with Gasteiger partial charge in [-0.15, -0.1) is 11.3 Å². The molecule has 0 aliphatic rings. The third-order valence-electron chi connectivity index (χ3n) is 4.84. The van der Waals surface area contributed by atoms with Crippen molar-refractivity contribution in [3.63, 3.8) is 0 Å². The number of aromatic nitrogens is 1. The van der Waals surface area contributed by atoms with E-state index in [-0.39, 0.29) is 18.1 Å². The Bertz CT molecular complexity index is 1210. The summed E-state index contributed by atoms with van der Waals surface area (Å²) < 4.78 is 32.3. The van der Waals surface area contributed by atoms with E-state index in [9.17, 15) is 13.6 Å². The summed E-state index contributed by atoms with van der Waals surface area (Å²) in [4.78, 5) is 18.8. The van der Waals surface area contributed by atoms with Crippen LogP contribution in [-0.4, -0.2) is 22.8 Å². The SMILES string of the molecule is CN(Cc1ccccc1)C(=O)c1csc(-c2ccc(OCc3ccc(F)cc3F)cc2)n1. The van der Waals surface area contributed by atoms with Gasteiger partial charge in [-0.2, -0.15) is 0 Å². The van der Waals surface area contributed by atoms with Gasteiger partial charge in [0.15, 0.2) is 0 Å². The number of benzene rings is 3. The number of hydrogen-bond donors (Lipinski definition) is 0. The minimum absolute atomic E-state index is 0.00485. The Morgan fingerprint density at radius 3 is 2.50 bits per heavy atom. The molecule has 3 aromatic carbocycles. The Hall–Kier alpha value is -3.58. The fourth-order valence-electron chi connectivity index (χ4n) is 3.12. The average molecular weight is 451 g/mol. The molecule has 0 aliphatic carbocycles. The maximum Gasteiger partial charge on any atom is 0.273 e. The van der Waals surface area contributed by atoms with Crippen LogP contribution in [0.25, 0.3) is 10.6 Å². The standard InChI is InChI=1S/C25H20F2N2O2S/c1-29(14-17-5-3-2-4-6-17)25(30)23-16-32-24(28-23)18-8-11-21(12-9-18)31-15-19-7-10-20(26)13-22(19)27/h2-13,16H,14-15H2,1H3. The molecule has 0 spiro atoms. The van der Waals surface area contributed by atoms with Crippen LogP contribution in [0.1, 0.15) is 21.6 Å². The average Bonchev–Trinajstić information content (AvgIpc) is 3.29. The van der Waals surface area contributed by atoms with Crippen molar-refractivity contribution in [3.8, 4) is 16.3 Å². The topological polar surface area (TPSA) is 42.4 Å². The lowest BCUT2D eigenvalue weighted by molar-refractivity contribution is 0.0780. The second-order valence-corrected chi connectivity index (χ2v) is 8.09. The second kappa shape index (κ2) is 9.70. The van der Waals surface area contributed by atoms with E-state index in [1.54, 1.807) is 29.5 Å². The van der Waals surface area contributed by atoms with E-state index in [1.807, 2.05) is 42.5 Å². The van der Waals surface area contributed by atoms with Crippen LogP contribution < -0.4 is 4.74 Å². The van der Waals surface area contributed by atoms with Crippen LogP contribution in [0.5, 0.6) is 5.75 Å². The van der Waals surface area contributed by atoms with Crippen LogP contribution >= 0.6 is 11.3 Å². The Balaban J connectivity index is 1.39. The van der Waals surface area contributed by atoms with Crippen molar-refractivity contribution in [2.75, 3.05) is 7.05 Å². The molecule has 162 valence electrons. The van der Waals surface area contributed by atoms with E-state index in [0.29, 0.717) is 18.0 Å². The molecule has 1 aromatic heterocycles. The summed E-state index contributed by atoms with van der Waals surface area (Å²) in [6.45, 7) is 0.502. The zero-order valence-corrected chi connectivity index (χ0v) is 18.1. The summed E-state index contributed by atoms with van der Waals surface area (Å²) in [5.41, 5.74) is 2.57. The summed E-state index contributed by atoms with van der Waals surface area (Å²) in [6.07, 6.45) is 0. The van der Waals surface area contributed by atoms with Crippen LogP contribution in [0.15, 0.2) is 78.2 Å². The molecule has 0 N–H and O–H groups in total. The van der Waals surface area contributed by atoms with E-state index in [1.165, 1.54) is 23.5 Å². The lowest BCUT2D eigenvalue weighted by atomic mass is 10.2. The predicted molar refractivity (Wildman–Crippen MR) is 120 cm³/mol. The lowest BCUT2D eigenvalue weighted by Gasteiger charge is -2.15. The minimum Gasteiger partial charge on any atom is -0.489 e. The van der Waals surface area contributed by atoms with Gasteiger partial charge in [0.05, 0.1) is 0 Å². The summed E-state index contributed by atoms with van der Waals surface area (Å²) in [5.74, 6) is -0.854. The number of hydrogen-bond acceptors (Lipinski definition) is 4. The Morgan fingerprint density at radius 2 is 1.78 bits per heavy atom. The maximum absolute atomic E-state index is 13.7. The molecule has 7 heteroatoms. The number of halogens is 2. The zero-order chi connectivity index (χ0) is 22.5. The van der Waals surface area contributed by atoms with Gasteiger partial charge in [-0.1, -0.05) is 30.3 Å². The van der Waals surface area contributed by atoms with Crippen molar-refractivity contribution in [1.29, 1.82) is 0 Å². The van der Waals surface area contributed by atoms with Gasteiger partial charge in [0.2, 0.25) is 0 Å². The fourth-order valence-corrected chi connectivity index (χ4v) is 3.92. The molecule has 0 aliphatic heterocycles. The van der Waals surface area contributed by atoms with Gasteiger partial charge in [-0.25, -0.2) is 13.8 Å². The molecule has 0 unspecified atom stereocenters. The molecule has 0 fully saturated rings. The molecular weight excluding hydrogens is 430 g/mol. The molecule has 0 bridgehead atoms. The minimum atomic E-state index is -0.640. The van der Waals surface area contributed by atoms with E-state index in [0.717, 1.165) is 22.2 Å². The zero-order valence-electron chi connectivity index (χ0n) is 17.3. The molecule has 1 heterocycles. The second-order valence-electron chi connectivity index (χ2n) is 7.23. The first-order chi connectivity index (χ1) is 15.5. The largest absolute Gasteiger partial charge is 0.489 e. The van der Waals surface area contributed by atoms with Gasteiger partial charge in [0.1, 0.15) is 34.7 Å². The van der Waals surface area contributed by atoms with Gasteiger partial charge in [0, 0.05) is 36.2 Å². The molecule has 4 nitrogen and oxygen atoms in total. The smallest absolute Gasteiger partial charge is 0.273 e. The van der Waals surface area contributed by atoms with Crippen LogP contribution in [0.2, 0.25) is 0 Å². The number of ether oxygens (including phenoxy) is 1. The van der Waals surface area contributed by atoms with Crippen molar-refractivity contribution in [2.45, 2.75) is 13.2 Å². The number of nitrogens with zero attached hydrogens (tertiary/aromatic N) is 2. The van der Waals surface area contributed by atoms with E-state index in [4.69, 9.17) is 4.74 Å². The van der Waals surface area contributed by atoms with Crippen molar-refractivity contribution >= 4 is 17.2 Å².